The van der Waals surface area contributed by atoms with Crippen LogP contribution in [0.25, 0.3) is 0 Å². The molecule has 3 rings (SSSR count). The fourth-order valence-electron chi connectivity index (χ4n) is 2.56. The Hall–Kier alpha value is -1.09. The monoisotopic (exact) mass is 245 g/mol. The summed E-state index contributed by atoms with van der Waals surface area (Å²) in [5.74, 6) is 0.953. The van der Waals surface area contributed by atoms with Gasteiger partial charge >= 0.3 is 0 Å². The van der Waals surface area contributed by atoms with E-state index in [2.05, 4.69) is 16.8 Å². The molecule has 2 fully saturated rings. The van der Waals surface area contributed by atoms with Gasteiger partial charge in [0.15, 0.2) is 0 Å². The van der Waals surface area contributed by atoms with Gasteiger partial charge in [0, 0.05) is 31.0 Å². The third kappa shape index (κ3) is 2.51. The van der Waals surface area contributed by atoms with Gasteiger partial charge in [-0.25, -0.2) is 0 Å². The molecular weight excluding hydrogens is 222 g/mol. The molecule has 0 aromatic carbocycles. The van der Waals surface area contributed by atoms with Crippen molar-refractivity contribution in [2.24, 2.45) is 5.92 Å². The topological polar surface area (TPSA) is 42.2 Å². The van der Waals surface area contributed by atoms with E-state index in [0.29, 0.717) is 0 Å². The fraction of sp³-hybridized carbons (Fsp3) is 0.667. The number of aryl methyl sites for hydroxylation is 1. The largest absolute Gasteiger partial charge is 0.398 e. The van der Waals surface area contributed by atoms with Crippen molar-refractivity contribution in [3.05, 3.63) is 23.0 Å². The van der Waals surface area contributed by atoms with Gasteiger partial charge in [0.1, 0.15) is 0 Å². The molecule has 0 amide bonds. The van der Waals surface area contributed by atoms with Crippen LogP contribution < -0.4 is 5.73 Å². The second-order valence-electron chi connectivity index (χ2n) is 6.03. The van der Waals surface area contributed by atoms with Crippen LogP contribution in [0.1, 0.15) is 42.5 Å². The number of nitrogens with zero attached hydrogens (tertiary/aromatic N) is 2. The maximum absolute atomic E-state index is 6.11. The van der Waals surface area contributed by atoms with Crippen LogP contribution in [-0.4, -0.2) is 22.5 Å². The third-order valence-corrected chi connectivity index (χ3v) is 4.28. The number of pyridine rings is 1. The molecule has 0 atom stereocenters. The SMILES string of the molecule is Cc1cnc(CN(CC2CC2)C2CC2)c(C)c1N. The van der Waals surface area contributed by atoms with Gasteiger partial charge in [-0.2, -0.15) is 0 Å². The highest BCUT2D eigenvalue weighted by atomic mass is 15.2. The minimum Gasteiger partial charge on any atom is -0.398 e. The van der Waals surface area contributed by atoms with E-state index in [1.54, 1.807) is 0 Å². The first kappa shape index (κ1) is 12.0. The Morgan fingerprint density at radius 1 is 1.28 bits per heavy atom. The minimum atomic E-state index is 0.814. The van der Waals surface area contributed by atoms with Gasteiger partial charge in [-0.15, -0.1) is 0 Å². The molecule has 0 unspecified atom stereocenters. The summed E-state index contributed by atoms with van der Waals surface area (Å²) in [7, 11) is 0. The van der Waals surface area contributed by atoms with Gasteiger partial charge in [0.05, 0.1) is 5.69 Å². The molecule has 98 valence electrons. The third-order valence-electron chi connectivity index (χ3n) is 4.28. The van der Waals surface area contributed by atoms with Crippen LogP contribution >= 0.6 is 0 Å². The number of nitrogens with two attached hydrogens (primary N) is 1. The van der Waals surface area contributed by atoms with Crippen LogP contribution in [0.2, 0.25) is 0 Å². The first-order valence-corrected chi connectivity index (χ1v) is 7.09. The van der Waals surface area contributed by atoms with Crippen LogP contribution in [0.5, 0.6) is 0 Å². The molecule has 0 spiro atoms. The number of hydrogen-bond donors (Lipinski definition) is 1. The van der Waals surface area contributed by atoms with Crippen molar-refractivity contribution >= 4 is 5.69 Å². The minimum absolute atomic E-state index is 0.814. The standard InChI is InChI=1S/C15H23N3/c1-10-7-17-14(11(2)15(10)16)9-18(13-5-6-13)8-12-3-4-12/h7,12-13H,3-6,8-9H2,1-2H3,(H2,16,17). The van der Waals surface area contributed by atoms with E-state index in [0.717, 1.165) is 29.8 Å². The van der Waals surface area contributed by atoms with Crippen molar-refractivity contribution in [2.75, 3.05) is 12.3 Å². The molecular formula is C15H23N3. The first-order valence-electron chi connectivity index (χ1n) is 7.09. The van der Waals surface area contributed by atoms with E-state index in [1.165, 1.54) is 43.5 Å². The molecule has 1 aromatic rings. The van der Waals surface area contributed by atoms with Crippen molar-refractivity contribution in [3.8, 4) is 0 Å². The van der Waals surface area contributed by atoms with Gasteiger partial charge in [-0.1, -0.05) is 0 Å². The number of aromatic nitrogens is 1. The Morgan fingerprint density at radius 3 is 2.61 bits per heavy atom. The lowest BCUT2D eigenvalue weighted by atomic mass is 10.1. The molecule has 2 aliphatic rings. The van der Waals surface area contributed by atoms with Gasteiger partial charge in [-0.05, 0) is 56.6 Å². The van der Waals surface area contributed by atoms with E-state index >= 15 is 0 Å². The van der Waals surface area contributed by atoms with Crippen LogP contribution in [0.3, 0.4) is 0 Å². The molecule has 0 bridgehead atoms. The smallest absolute Gasteiger partial charge is 0.0593 e. The van der Waals surface area contributed by atoms with Crippen LogP contribution in [0.4, 0.5) is 5.69 Å². The summed E-state index contributed by atoms with van der Waals surface area (Å²) >= 11 is 0. The Bertz CT molecular complexity index is 447. The maximum Gasteiger partial charge on any atom is 0.0593 e. The molecule has 1 aromatic heterocycles. The second-order valence-corrected chi connectivity index (χ2v) is 6.03. The molecule has 0 aliphatic heterocycles. The molecule has 1 heterocycles. The van der Waals surface area contributed by atoms with Gasteiger partial charge in [0.25, 0.3) is 0 Å². The highest BCUT2D eigenvalue weighted by molar-refractivity contribution is 5.53. The summed E-state index contributed by atoms with van der Waals surface area (Å²) in [6.45, 7) is 6.38. The van der Waals surface area contributed by atoms with E-state index in [-0.39, 0.29) is 0 Å². The van der Waals surface area contributed by atoms with Crippen molar-refractivity contribution in [2.45, 2.75) is 52.1 Å². The Kier molecular flexibility index (Phi) is 3.02. The summed E-state index contributed by atoms with van der Waals surface area (Å²) in [6, 6.07) is 0.814. The van der Waals surface area contributed by atoms with Crippen LogP contribution in [0, 0.1) is 19.8 Å². The van der Waals surface area contributed by atoms with Crippen molar-refractivity contribution in [3.63, 3.8) is 0 Å². The van der Waals surface area contributed by atoms with Gasteiger partial charge in [0.2, 0.25) is 0 Å². The zero-order valence-corrected chi connectivity index (χ0v) is 11.4. The number of rotatable bonds is 5. The summed E-state index contributed by atoms with van der Waals surface area (Å²) in [4.78, 5) is 7.22. The molecule has 3 heteroatoms. The van der Waals surface area contributed by atoms with Crippen molar-refractivity contribution in [1.82, 2.24) is 9.88 Å². The molecule has 2 saturated carbocycles. The predicted octanol–water partition coefficient (Wildman–Crippen LogP) is 2.66. The lowest BCUT2D eigenvalue weighted by molar-refractivity contribution is 0.241. The van der Waals surface area contributed by atoms with Gasteiger partial charge < -0.3 is 5.73 Å². The molecule has 0 saturated heterocycles. The summed E-state index contributed by atoms with van der Waals surface area (Å²) in [5, 5.41) is 0. The summed E-state index contributed by atoms with van der Waals surface area (Å²) < 4.78 is 0. The normalized spacial score (nSPS) is 19.5. The first-order chi connectivity index (χ1) is 8.65. The maximum atomic E-state index is 6.11. The van der Waals surface area contributed by atoms with Crippen LogP contribution in [0.15, 0.2) is 6.20 Å². The molecule has 0 radical (unpaired) electrons. The Balaban J connectivity index is 1.75. The van der Waals surface area contributed by atoms with Crippen molar-refractivity contribution in [1.29, 1.82) is 0 Å². The van der Waals surface area contributed by atoms with Gasteiger partial charge in [-0.3, -0.25) is 9.88 Å². The average molecular weight is 245 g/mol. The predicted molar refractivity (Wildman–Crippen MR) is 74.3 cm³/mol. The van der Waals surface area contributed by atoms with E-state index < -0.39 is 0 Å². The quantitative estimate of drug-likeness (QED) is 0.867. The second kappa shape index (κ2) is 4.54. The number of hydrogen-bond acceptors (Lipinski definition) is 3. The molecule has 3 nitrogen and oxygen atoms in total. The summed E-state index contributed by atoms with van der Waals surface area (Å²) in [6.07, 6.45) is 7.50. The van der Waals surface area contributed by atoms with Crippen molar-refractivity contribution < 1.29 is 0 Å². The highest BCUT2D eigenvalue weighted by Crippen LogP contribution is 2.36. The molecule has 2 aliphatic carbocycles. The lowest BCUT2D eigenvalue weighted by Crippen LogP contribution is -2.28. The highest BCUT2D eigenvalue weighted by Gasteiger charge is 2.34. The Labute approximate surface area is 109 Å². The van der Waals surface area contributed by atoms with E-state index in [9.17, 15) is 0 Å². The van der Waals surface area contributed by atoms with Crippen LogP contribution in [-0.2, 0) is 6.54 Å². The number of nitrogen functional groups attached to an aromatic ring is 1. The summed E-state index contributed by atoms with van der Waals surface area (Å²) in [5.41, 5.74) is 10.5. The van der Waals surface area contributed by atoms with E-state index in [1.807, 2.05) is 13.1 Å². The molecule has 18 heavy (non-hydrogen) atoms. The molecule has 2 N–H and O–H groups in total. The zero-order chi connectivity index (χ0) is 12.7. The zero-order valence-electron chi connectivity index (χ0n) is 11.4. The van der Waals surface area contributed by atoms with E-state index in [4.69, 9.17) is 5.73 Å². The fourth-order valence-corrected chi connectivity index (χ4v) is 2.56. The lowest BCUT2D eigenvalue weighted by Gasteiger charge is -2.22. The number of anilines is 1. The Morgan fingerprint density at radius 2 is 2.00 bits per heavy atom. The average Bonchev–Trinajstić information content (AvgIpc) is 3.20.